The summed E-state index contributed by atoms with van der Waals surface area (Å²) in [7, 11) is 3.07. The van der Waals surface area contributed by atoms with Crippen molar-refractivity contribution in [2.45, 2.75) is 37.9 Å². The zero-order chi connectivity index (χ0) is 26.3. The summed E-state index contributed by atoms with van der Waals surface area (Å²) in [6, 6.07) is 11.5. The van der Waals surface area contributed by atoms with Crippen LogP contribution in [-0.4, -0.2) is 41.4 Å². The number of fused-ring (bicyclic) bond motifs is 1. The molecule has 1 aromatic heterocycles. The maximum Gasteiger partial charge on any atom is 0.453 e. The van der Waals surface area contributed by atoms with E-state index in [4.69, 9.17) is 14.2 Å². The number of anilines is 1. The maximum absolute atomic E-state index is 13.6. The number of hydrogen-bond acceptors (Lipinski definition) is 7. The molecule has 3 aromatic rings. The van der Waals surface area contributed by atoms with Crippen LogP contribution in [0.3, 0.4) is 0 Å². The lowest BCUT2D eigenvalue weighted by atomic mass is 9.78. The smallest absolute Gasteiger partial charge is 0.453 e. The number of rotatable bonds is 6. The molecule has 2 atom stereocenters. The molecule has 8 nitrogen and oxygen atoms in total. The van der Waals surface area contributed by atoms with E-state index in [0.717, 1.165) is 10.2 Å². The maximum atomic E-state index is 13.6. The van der Waals surface area contributed by atoms with Crippen LogP contribution in [0, 0.1) is 0 Å². The summed E-state index contributed by atoms with van der Waals surface area (Å²) in [5.74, 6) is -0.00984. The number of carbonyl (C=O) groups is 1. The fraction of sp³-hybridized carbons (Fsp3) is 0.346. The van der Waals surface area contributed by atoms with Gasteiger partial charge in [-0.25, -0.2) is 4.68 Å². The van der Waals surface area contributed by atoms with E-state index in [-0.39, 0.29) is 24.1 Å². The third-order valence-corrected chi connectivity index (χ3v) is 6.56. The summed E-state index contributed by atoms with van der Waals surface area (Å²) in [5.41, 5.74) is 2.38. The zero-order valence-corrected chi connectivity index (χ0v) is 20.4. The largest absolute Gasteiger partial charge is 0.494 e. The number of hydrogen-bond donors (Lipinski definition) is 1. The van der Waals surface area contributed by atoms with Crippen LogP contribution in [0.25, 0.3) is 0 Å². The molecule has 5 rings (SSSR count). The van der Waals surface area contributed by atoms with Gasteiger partial charge in [-0.15, -0.1) is 5.10 Å². The summed E-state index contributed by atoms with van der Waals surface area (Å²) in [4.78, 5) is 17.3. The average molecular weight is 515 g/mol. The number of ketones is 1. The molecule has 1 aliphatic carbocycles. The molecule has 0 fully saturated rings. The van der Waals surface area contributed by atoms with Gasteiger partial charge in [-0.05, 0) is 54.7 Å². The van der Waals surface area contributed by atoms with Gasteiger partial charge in [0, 0.05) is 17.7 Å². The number of aromatic nitrogens is 3. The van der Waals surface area contributed by atoms with Crippen molar-refractivity contribution in [3.05, 3.63) is 70.7 Å². The lowest BCUT2D eigenvalue weighted by Crippen LogP contribution is -2.33. The Labute approximate surface area is 211 Å². The summed E-state index contributed by atoms with van der Waals surface area (Å²) >= 11 is 0. The van der Waals surface area contributed by atoms with E-state index < -0.39 is 18.0 Å². The van der Waals surface area contributed by atoms with Crippen LogP contribution in [0.5, 0.6) is 17.2 Å². The summed E-state index contributed by atoms with van der Waals surface area (Å²) in [6.45, 7) is 2.33. The Morgan fingerprint density at radius 3 is 2.38 bits per heavy atom. The lowest BCUT2D eigenvalue weighted by molar-refractivity contribution is -0.145. The number of halogens is 3. The van der Waals surface area contributed by atoms with Gasteiger partial charge < -0.3 is 19.5 Å². The van der Waals surface area contributed by atoms with Crippen molar-refractivity contribution in [1.82, 2.24) is 14.8 Å². The Kier molecular flexibility index (Phi) is 6.30. The molecule has 0 saturated heterocycles. The van der Waals surface area contributed by atoms with Crippen molar-refractivity contribution in [1.29, 1.82) is 0 Å². The predicted molar refractivity (Wildman–Crippen MR) is 128 cm³/mol. The Balaban J connectivity index is 1.57. The fourth-order valence-electron chi connectivity index (χ4n) is 4.90. The number of nitrogens with zero attached hydrogens (tertiary/aromatic N) is 3. The minimum atomic E-state index is -4.73. The number of Topliss-reactive ketones (excluding diaryl/α,β-unsaturated/α-hetero) is 1. The topological polar surface area (TPSA) is 87.5 Å². The van der Waals surface area contributed by atoms with E-state index in [1.54, 1.807) is 30.3 Å². The Morgan fingerprint density at radius 2 is 1.73 bits per heavy atom. The molecule has 2 aliphatic rings. The predicted octanol–water partition coefficient (Wildman–Crippen LogP) is 5.13. The second-order valence-electron chi connectivity index (χ2n) is 8.77. The van der Waals surface area contributed by atoms with Gasteiger partial charge in [-0.1, -0.05) is 18.2 Å². The summed E-state index contributed by atoms with van der Waals surface area (Å²) < 4.78 is 57.9. The zero-order valence-electron chi connectivity index (χ0n) is 20.4. The van der Waals surface area contributed by atoms with Gasteiger partial charge in [0.05, 0.1) is 20.8 Å². The molecule has 11 heteroatoms. The molecule has 0 radical (unpaired) electrons. The highest BCUT2D eigenvalue weighted by atomic mass is 19.4. The van der Waals surface area contributed by atoms with E-state index in [1.165, 1.54) is 14.2 Å². The molecule has 0 spiro atoms. The molecule has 2 aromatic carbocycles. The van der Waals surface area contributed by atoms with Crippen LogP contribution in [0.4, 0.5) is 19.1 Å². The molecule has 2 heterocycles. The number of nitrogens with one attached hydrogen (secondary N) is 1. The number of ether oxygens (including phenoxy) is 3. The van der Waals surface area contributed by atoms with Gasteiger partial charge in [-0.2, -0.15) is 18.2 Å². The normalized spacial score (nSPS) is 19.1. The fourth-order valence-corrected chi connectivity index (χ4v) is 4.90. The molecule has 0 unspecified atom stereocenters. The second kappa shape index (κ2) is 9.45. The summed E-state index contributed by atoms with van der Waals surface area (Å²) in [5, 5.41) is 6.72. The highest BCUT2D eigenvalue weighted by Gasteiger charge is 2.43. The van der Waals surface area contributed by atoms with E-state index in [9.17, 15) is 18.0 Å². The first-order valence-electron chi connectivity index (χ1n) is 11.7. The molecule has 0 saturated carbocycles. The first-order chi connectivity index (χ1) is 17.7. The molecule has 1 aliphatic heterocycles. The SMILES string of the molecule is CCOc1ccc([C@@H]2C3=C(C[C@H](c4ccc(OC)c(OC)c4)CC3=O)Nc3nc(C(F)(F)F)nn32)cc1. The first-order valence-corrected chi connectivity index (χ1v) is 11.7. The van der Waals surface area contributed by atoms with Crippen LogP contribution in [0.2, 0.25) is 0 Å². The number of allylic oxidation sites excluding steroid dienone is 2. The average Bonchev–Trinajstić information content (AvgIpc) is 3.32. The molecular formula is C26H25F3N4O4. The minimum absolute atomic E-state index is 0.0641. The molecule has 0 amide bonds. The van der Waals surface area contributed by atoms with Gasteiger partial charge in [0.1, 0.15) is 11.8 Å². The number of benzene rings is 2. The number of methoxy groups -OCH3 is 2. The first kappa shape index (κ1) is 24.7. The second-order valence-corrected chi connectivity index (χ2v) is 8.77. The Bertz CT molecular complexity index is 1370. The van der Waals surface area contributed by atoms with Crippen LogP contribution >= 0.6 is 0 Å². The van der Waals surface area contributed by atoms with Crippen LogP contribution in [0.15, 0.2) is 53.7 Å². The van der Waals surface area contributed by atoms with Crippen molar-refractivity contribution in [2.75, 3.05) is 26.1 Å². The van der Waals surface area contributed by atoms with Crippen molar-refractivity contribution in [3.8, 4) is 17.2 Å². The van der Waals surface area contributed by atoms with Crippen LogP contribution in [-0.2, 0) is 11.0 Å². The van der Waals surface area contributed by atoms with Crippen LogP contribution < -0.4 is 19.5 Å². The van der Waals surface area contributed by atoms with Crippen molar-refractivity contribution < 1.29 is 32.2 Å². The van der Waals surface area contributed by atoms with E-state index in [2.05, 4.69) is 15.4 Å². The van der Waals surface area contributed by atoms with Gasteiger partial charge in [0.25, 0.3) is 5.82 Å². The standard InChI is InChI=1S/C26H25F3N4O4/c1-4-37-17-8-5-14(6-9-17)23-22-18(30-25-31-24(26(27,28)29)32-33(23)25)11-16(12-19(22)34)15-7-10-20(35-2)21(13-15)36-3/h5-10,13,16,23H,4,11-12H2,1-3H3,(H,30,31,32)/t16-,23+/m0/s1. The number of carbonyl (C=O) groups excluding carboxylic acids is 1. The molecule has 194 valence electrons. The lowest BCUT2D eigenvalue weighted by Gasteiger charge is -2.35. The third-order valence-electron chi connectivity index (χ3n) is 6.56. The minimum Gasteiger partial charge on any atom is -0.494 e. The quantitative estimate of drug-likeness (QED) is 0.488. The highest BCUT2D eigenvalue weighted by Crippen LogP contribution is 2.46. The molecule has 1 N–H and O–H groups in total. The van der Waals surface area contributed by atoms with Crippen molar-refractivity contribution in [2.24, 2.45) is 0 Å². The van der Waals surface area contributed by atoms with Gasteiger partial charge in [0.15, 0.2) is 17.3 Å². The Hall–Kier alpha value is -4.02. The van der Waals surface area contributed by atoms with Crippen molar-refractivity contribution >= 4 is 11.7 Å². The van der Waals surface area contributed by atoms with Gasteiger partial charge in [-0.3, -0.25) is 4.79 Å². The van der Waals surface area contributed by atoms with E-state index >= 15 is 0 Å². The number of alkyl halides is 3. The monoisotopic (exact) mass is 514 g/mol. The molecular weight excluding hydrogens is 489 g/mol. The summed E-state index contributed by atoms with van der Waals surface area (Å²) in [6.07, 6.45) is -4.15. The Morgan fingerprint density at radius 1 is 1.03 bits per heavy atom. The van der Waals surface area contributed by atoms with Crippen LogP contribution in [0.1, 0.15) is 48.7 Å². The highest BCUT2D eigenvalue weighted by molar-refractivity contribution is 6.00. The third kappa shape index (κ3) is 4.49. The van der Waals surface area contributed by atoms with E-state index in [0.29, 0.717) is 47.1 Å². The van der Waals surface area contributed by atoms with Gasteiger partial charge >= 0.3 is 6.18 Å². The van der Waals surface area contributed by atoms with E-state index in [1.807, 2.05) is 19.1 Å². The molecule has 0 bridgehead atoms. The van der Waals surface area contributed by atoms with Crippen molar-refractivity contribution in [3.63, 3.8) is 0 Å². The van der Waals surface area contributed by atoms with Gasteiger partial charge in [0.2, 0.25) is 5.95 Å². The molecule has 37 heavy (non-hydrogen) atoms.